The number of hydrogen-bond donors (Lipinski definition) is 0. The van der Waals surface area contributed by atoms with Crippen LogP contribution in [0, 0.1) is 6.92 Å². The van der Waals surface area contributed by atoms with Gasteiger partial charge in [0.1, 0.15) is 12.2 Å². The minimum Gasteiger partial charge on any atom is -0.493 e. The van der Waals surface area contributed by atoms with Gasteiger partial charge in [0.05, 0.1) is 29.2 Å². The van der Waals surface area contributed by atoms with Crippen molar-refractivity contribution in [3.05, 3.63) is 121 Å². The summed E-state index contributed by atoms with van der Waals surface area (Å²) in [6.07, 6.45) is 1.53. The second kappa shape index (κ2) is 11.2. The minimum absolute atomic E-state index is 0.272. The van der Waals surface area contributed by atoms with Gasteiger partial charge in [0, 0.05) is 9.86 Å². The molecular weight excluding hydrogens is 606 g/mol. The van der Waals surface area contributed by atoms with Gasteiger partial charge in [-0.2, -0.15) is 9.78 Å². The third-order valence-corrected chi connectivity index (χ3v) is 7.30. The Kier molecular flexibility index (Phi) is 7.34. The lowest BCUT2D eigenvalue weighted by Gasteiger charge is -2.13. The molecule has 0 radical (unpaired) electrons. The summed E-state index contributed by atoms with van der Waals surface area (Å²) in [5.74, 6) is 1.55. The average Bonchev–Trinajstić information content (AvgIpc) is 3.39. The number of para-hydroxylation sites is 1. The molecule has 41 heavy (non-hydrogen) atoms. The van der Waals surface area contributed by atoms with E-state index in [1.54, 1.807) is 37.4 Å². The Balaban J connectivity index is 1.39. The Morgan fingerprint density at radius 2 is 1.85 bits per heavy atom. The van der Waals surface area contributed by atoms with Crippen molar-refractivity contribution in [1.29, 1.82) is 0 Å². The highest BCUT2D eigenvalue weighted by Crippen LogP contribution is 2.37. The Labute approximate surface area is 248 Å². The van der Waals surface area contributed by atoms with E-state index in [1.807, 2.05) is 61.5 Å². The molecule has 0 fully saturated rings. The molecule has 4 aromatic carbocycles. The highest BCUT2D eigenvalue weighted by atomic mass is 79.9. The van der Waals surface area contributed by atoms with Crippen LogP contribution in [0.3, 0.4) is 0 Å². The summed E-state index contributed by atoms with van der Waals surface area (Å²) in [5.41, 5.74) is 3.66. The maximum atomic E-state index is 13.6. The molecule has 204 valence electrons. The summed E-state index contributed by atoms with van der Waals surface area (Å²) < 4.78 is 19.8. The number of fused-ring (bicyclic) bond motifs is 2. The number of ether oxygens (including phenoxy) is 2. The van der Waals surface area contributed by atoms with Crippen LogP contribution >= 0.6 is 27.5 Å². The van der Waals surface area contributed by atoms with Crippen LogP contribution in [-0.4, -0.2) is 23.0 Å². The van der Waals surface area contributed by atoms with Gasteiger partial charge in [-0.1, -0.05) is 69.5 Å². The summed E-state index contributed by atoms with van der Waals surface area (Å²) in [4.78, 5) is 18.3. The first-order chi connectivity index (χ1) is 19.9. The molecule has 0 unspecified atom stereocenters. The summed E-state index contributed by atoms with van der Waals surface area (Å²) in [7, 11) is 1.54. The molecule has 9 heteroatoms. The normalized spacial score (nSPS) is 11.5. The Morgan fingerprint density at radius 1 is 1.05 bits per heavy atom. The van der Waals surface area contributed by atoms with E-state index in [-0.39, 0.29) is 11.4 Å². The molecule has 0 saturated heterocycles. The summed E-state index contributed by atoms with van der Waals surface area (Å²) in [6, 6.07) is 26.2. The van der Waals surface area contributed by atoms with Crippen molar-refractivity contribution in [3.63, 3.8) is 0 Å². The number of furan rings is 1. The number of rotatable bonds is 7. The lowest BCUT2D eigenvalue weighted by atomic mass is 10.1. The zero-order valence-electron chi connectivity index (χ0n) is 22.1. The predicted octanol–water partition coefficient (Wildman–Crippen LogP) is 8.00. The van der Waals surface area contributed by atoms with E-state index in [0.29, 0.717) is 50.9 Å². The summed E-state index contributed by atoms with van der Waals surface area (Å²) in [6.45, 7) is 2.37. The van der Waals surface area contributed by atoms with E-state index >= 15 is 0 Å². The average molecular weight is 629 g/mol. The van der Waals surface area contributed by atoms with Crippen molar-refractivity contribution in [2.45, 2.75) is 13.5 Å². The van der Waals surface area contributed by atoms with Crippen LogP contribution in [0.25, 0.3) is 33.5 Å². The standard InChI is InChI=1S/C32H23BrClN3O4/c1-19-7-9-20(10-8-19)18-40-30-25(34)13-21(14-28(30)39-2)17-35-37-31(36-26-6-4-3-5-24(26)32(37)38)29-16-22-15-23(33)11-12-27(22)41-29/h3-17H,18H2,1-2H3. The molecule has 6 rings (SSSR count). The second-order valence-electron chi connectivity index (χ2n) is 9.42. The molecule has 7 nitrogen and oxygen atoms in total. The zero-order chi connectivity index (χ0) is 28.5. The van der Waals surface area contributed by atoms with Gasteiger partial charge in [-0.15, -0.1) is 0 Å². The highest BCUT2D eigenvalue weighted by molar-refractivity contribution is 9.10. The molecule has 0 saturated carbocycles. The zero-order valence-corrected chi connectivity index (χ0v) is 24.4. The molecular formula is C32H23BrClN3O4. The molecule has 0 spiro atoms. The van der Waals surface area contributed by atoms with Gasteiger partial charge >= 0.3 is 0 Å². The first kappa shape index (κ1) is 26.8. The lowest BCUT2D eigenvalue weighted by Crippen LogP contribution is -2.20. The minimum atomic E-state index is -0.334. The van der Waals surface area contributed by atoms with Gasteiger partial charge < -0.3 is 13.9 Å². The monoisotopic (exact) mass is 627 g/mol. The smallest absolute Gasteiger partial charge is 0.282 e. The van der Waals surface area contributed by atoms with Gasteiger partial charge in [-0.3, -0.25) is 4.79 Å². The van der Waals surface area contributed by atoms with E-state index in [0.717, 1.165) is 15.4 Å². The lowest BCUT2D eigenvalue weighted by molar-refractivity contribution is 0.284. The first-order valence-corrected chi connectivity index (χ1v) is 13.9. The van der Waals surface area contributed by atoms with E-state index in [9.17, 15) is 4.79 Å². The Bertz CT molecular complexity index is 2000. The van der Waals surface area contributed by atoms with Gasteiger partial charge in [0.2, 0.25) is 5.82 Å². The molecule has 0 aliphatic heterocycles. The predicted molar refractivity (Wildman–Crippen MR) is 165 cm³/mol. The van der Waals surface area contributed by atoms with Crippen molar-refractivity contribution < 1.29 is 13.9 Å². The van der Waals surface area contributed by atoms with Crippen LogP contribution in [0.15, 0.2) is 104 Å². The largest absolute Gasteiger partial charge is 0.493 e. The number of methoxy groups -OCH3 is 1. The van der Waals surface area contributed by atoms with E-state index in [2.05, 4.69) is 21.0 Å². The molecule has 0 atom stereocenters. The fourth-order valence-corrected chi connectivity index (χ4v) is 5.09. The van der Waals surface area contributed by atoms with Crippen molar-refractivity contribution >= 4 is 55.6 Å². The fourth-order valence-electron chi connectivity index (χ4n) is 4.43. The number of halogens is 2. The molecule has 0 N–H and O–H groups in total. The molecule has 0 amide bonds. The second-order valence-corrected chi connectivity index (χ2v) is 10.7. The topological polar surface area (TPSA) is 78.9 Å². The van der Waals surface area contributed by atoms with E-state index in [4.69, 9.17) is 30.5 Å². The summed E-state index contributed by atoms with van der Waals surface area (Å²) in [5, 5.41) is 6.18. The van der Waals surface area contributed by atoms with Crippen molar-refractivity contribution in [2.75, 3.05) is 7.11 Å². The number of nitrogens with zero attached hydrogens (tertiary/aromatic N) is 3. The fraction of sp³-hybridized carbons (Fsp3) is 0.0938. The van der Waals surface area contributed by atoms with Crippen LogP contribution in [-0.2, 0) is 6.61 Å². The van der Waals surface area contributed by atoms with Crippen LogP contribution in [0.5, 0.6) is 11.5 Å². The Hall–Kier alpha value is -4.40. The maximum Gasteiger partial charge on any atom is 0.282 e. The van der Waals surface area contributed by atoms with Crippen LogP contribution in [0.1, 0.15) is 16.7 Å². The molecule has 0 bridgehead atoms. The van der Waals surface area contributed by atoms with Gasteiger partial charge in [-0.25, -0.2) is 4.98 Å². The maximum absolute atomic E-state index is 13.6. The van der Waals surface area contributed by atoms with Gasteiger partial charge in [0.15, 0.2) is 17.3 Å². The van der Waals surface area contributed by atoms with Gasteiger partial charge in [-0.05, 0) is 66.6 Å². The number of aromatic nitrogens is 2. The number of aryl methyl sites for hydroxylation is 1. The molecule has 0 aliphatic carbocycles. The number of benzene rings is 4. The molecule has 6 aromatic rings. The van der Waals surface area contributed by atoms with Crippen LogP contribution < -0.4 is 15.0 Å². The highest BCUT2D eigenvalue weighted by Gasteiger charge is 2.17. The number of hydrogen-bond acceptors (Lipinski definition) is 6. The SMILES string of the molecule is COc1cc(C=Nn2c(-c3cc4cc(Br)ccc4o3)nc3ccccc3c2=O)cc(Cl)c1OCc1ccc(C)cc1. The van der Waals surface area contributed by atoms with Crippen molar-refractivity contribution in [2.24, 2.45) is 5.10 Å². The Morgan fingerprint density at radius 3 is 2.66 bits per heavy atom. The molecule has 2 heterocycles. The summed E-state index contributed by atoms with van der Waals surface area (Å²) >= 11 is 10.1. The third-order valence-electron chi connectivity index (χ3n) is 6.53. The van der Waals surface area contributed by atoms with Crippen molar-refractivity contribution in [1.82, 2.24) is 9.66 Å². The van der Waals surface area contributed by atoms with Gasteiger partial charge in [0.25, 0.3) is 5.56 Å². The van der Waals surface area contributed by atoms with Crippen LogP contribution in [0.4, 0.5) is 0 Å². The third kappa shape index (κ3) is 5.49. The quantitative estimate of drug-likeness (QED) is 0.167. The van der Waals surface area contributed by atoms with Crippen LogP contribution in [0.2, 0.25) is 5.02 Å². The van der Waals surface area contributed by atoms with Crippen molar-refractivity contribution in [3.8, 4) is 23.1 Å². The molecule has 2 aromatic heterocycles. The molecule has 0 aliphatic rings. The van der Waals surface area contributed by atoms with E-state index < -0.39 is 0 Å². The first-order valence-electron chi connectivity index (χ1n) is 12.7. The van der Waals surface area contributed by atoms with E-state index in [1.165, 1.54) is 16.5 Å².